The molecule has 1 unspecified atom stereocenters. The minimum Gasteiger partial charge on any atom is -0.466 e. The van der Waals surface area contributed by atoms with E-state index in [-0.39, 0.29) is 36.7 Å². The van der Waals surface area contributed by atoms with Gasteiger partial charge in [0, 0.05) is 24.7 Å². The van der Waals surface area contributed by atoms with E-state index in [1.165, 1.54) is 0 Å². The monoisotopic (exact) mass is 461 g/mol. The molecule has 2 heterocycles. The second kappa shape index (κ2) is 10.9. The second-order valence-electron chi connectivity index (χ2n) is 8.38. The topological polar surface area (TPSA) is 80.8 Å². The summed E-state index contributed by atoms with van der Waals surface area (Å²) in [6.45, 7) is 7.99. The molecule has 0 spiro atoms. The molecule has 2 rings (SSSR count). The fourth-order valence-corrected chi connectivity index (χ4v) is 3.60. The number of hydrogen-bond acceptors (Lipinski definition) is 6. The molecule has 174 valence electrons. The summed E-state index contributed by atoms with van der Waals surface area (Å²) < 4.78 is 39.2. The Hall–Kier alpha value is -2.16. The van der Waals surface area contributed by atoms with E-state index in [1.807, 2.05) is 20.8 Å². The van der Waals surface area contributed by atoms with Crippen molar-refractivity contribution >= 4 is 29.5 Å². The van der Waals surface area contributed by atoms with Gasteiger partial charge in [-0.2, -0.15) is 9.37 Å². The maximum absolute atomic E-state index is 14.8. The highest BCUT2D eigenvalue weighted by Gasteiger charge is 2.30. The highest BCUT2D eigenvalue weighted by atomic mass is 35.5. The molecule has 1 aromatic rings. The standard InChI is InChI=1S/C21H30ClF2N3O4/c1-5-30-15(28)12-14-16(22)18(24)26-19(17(14)23)25-10-9-13-8-6-7-11-27(13)20(29)31-21(2,3)4/h13H,5-12H2,1-4H3,(H,25,26). The lowest BCUT2D eigenvalue weighted by atomic mass is 10.00. The van der Waals surface area contributed by atoms with Crippen molar-refractivity contribution in [1.82, 2.24) is 9.88 Å². The minimum absolute atomic E-state index is 0.0877. The van der Waals surface area contributed by atoms with Crippen LogP contribution in [0.3, 0.4) is 0 Å². The molecule has 1 N–H and O–H groups in total. The number of piperidine rings is 1. The summed E-state index contributed by atoms with van der Waals surface area (Å²) in [6.07, 6.45) is 2.27. The van der Waals surface area contributed by atoms with Crippen LogP contribution in [0.4, 0.5) is 19.4 Å². The van der Waals surface area contributed by atoms with Crippen molar-refractivity contribution in [2.45, 2.75) is 71.4 Å². The molecular weight excluding hydrogens is 432 g/mol. The summed E-state index contributed by atoms with van der Waals surface area (Å²) in [5.74, 6) is -3.01. The summed E-state index contributed by atoms with van der Waals surface area (Å²) >= 11 is 5.81. The van der Waals surface area contributed by atoms with E-state index in [0.29, 0.717) is 13.0 Å². The number of carbonyl (C=O) groups excluding carboxylic acids is 2. The van der Waals surface area contributed by atoms with Gasteiger partial charge in [-0.3, -0.25) is 4.79 Å². The van der Waals surface area contributed by atoms with Crippen LogP contribution in [-0.2, 0) is 20.7 Å². The Bertz CT molecular complexity index is 802. The Morgan fingerprint density at radius 3 is 2.65 bits per heavy atom. The van der Waals surface area contributed by atoms with Crippen LogP contribution in [0, 0.1) is 11.8 Å². The third-order valence-corrected chi connectivity index (χ3v) is 5.16. The van der Waals surface area contributed by atoms with E-state index in [9.17, 15) is 18.4 Å². The normalized spacial score (nSPS) is 16.7. The fraction of sp³-hybridized carbons (Fsp3) is 0.667. The number of anilines is 1. The van der Waals surface area contributed by atoms with Gasteiger partial charge in [-0.05, 0) is 53.4 Å². The largest absolute Gasteiger partial charge is 0.466 e. The molecule has 1 aliphatic heterocycles. The first kappa shape index (κ1) is 25.1. The van der Waals surface area contributed by atoms with Crippen LogP contribution in [0.25, 0.3) is 0 Å². The molecule has 1 amide bonds. The van der Waals surface area contributed by atoms with Crippen molar-refractivity contribution in [2.24, 2.45) is 0 Å². The summed E-state index contributed by atoms with van der Waals surface area (Å²) in [6, 6.07) is -0.0877. The zero-order valence-electron chi connectivity index (χ0n) is 18.4. The van der Waals surface area contributed by atoms with Crippen molar-refractivity contribution < 1.29 is 27.8 Å². The van der Waals surface area contributed by atoms with Gasteiger partial charge in [0.05, 0.1) is 13.0 Å². The van der Waals surface area contributed by atoms with E-state index in [0.717, 1.165) is 19.3 Å². The van der Waals surface area contributed by atoms with Gasteiger partial charge in [0.15, 0.2) is 11.6 Å². The number of nitrogens with one attached hydrogen (secondary N) is 1. The van der Waals surface area contributed by atoms with Crippen LogP contribution in [0.1, 0.15) is 58.9 Å². The molecule has 0 aromatic carbocycles. The lowest BCUT2D eigenvalue weighted by Crippen LogP contribution is -2.46. The summed E-state index contributed by atoms with van der Waals surface area (Å²) in [5, 5.41) is 2.22. The molecule has 31 heavy (non-hydrogen) atoms. The molecule has 1 atom stereocenters. The quantitative estimate of drug-likeness (QED) is 0.468. The van der Waals surface area contributed by atoms with Crippen molar-refractivity contribution in [3.05, 3.63) is 22.4 Å². The summed E-state index contributed by atoms with van der Waals surface area (Å²) in [7, 11) is 0. The highest BCUT2D eigenvalue weighted by molar-refractivity contribution is 6.31. The molecule has 0 radical (unpaired) electrons. The van der Waals surface area contributed by atoms with Gasteiger partial charge >= 0.3 is 12.1 Å². The van der Waals surface area contributed by atoms with Crippen LogP contribution in [-0.4, -0.2) is 53.3 Å². The average Bonchev–Trinajstić information content (AvgIpc) is 2.68. The predicted molar refractivity (Wildman–Crippen MR) is 113 cm³/mol. The van der Waals surface area contributed by atoms with E-state index in [1.54, 1.807) is 11.8 Å². The van der Waals surface area contributed by atoms with E-state index in [2.05, 4.69) is 10.3 Å². The number of aromatic nitrogens is 1. The number of ether oxygens (including phenoxy) is 2. The van der Waals surface area contributed by atoms with E-state index < -0.39 is 34.8 Å². The highest BCUT2D eigenvalue weighted by Crippen LogP contribution is 2.28. The molecule has 0 bridgehead atoms. The zero-order valence-corrected chi connectivity index (χ0v) is 19.2. The maximum Gasteiger partial charge on any atom is 0.410 e. The van der Waals surface area contributed by atoms with Gasteiger partial charge in [-0.15, -0.1) is 0 Å². The maximum atomic E-state index is 14.8. The summed E-state index contributed by atoms with van der Waals surface area (Å²) in [4.78, 5) is 29.4. The Morgan fingerprint density at radius 2 is 2.00 bits per heavy atom. The van der Waals surface area contributed by atoms with E-state index in [4.69, 9.17) is 21.1 Å². The smallest absolute Gasteiger partial charge is 0.410 e. The number of pyridine rings is 1. The number of nitrogens with zero attached hydrogens (tertiary/aromatic N) is 2. The Kier molecular flexibility index (Phi) is 8.85. The number of carbonyl (C=O) groups is 2. The number of esters is 1. The van der Waals surface area contributed by atoms with Gasteiger partial charge in [0.25, 0.3) is 0 Å². The first-order chi connectivity index (χ1) is 14.5. The van der Waals surface area contributed by atoms with Crippen LogP contribution >= 0.6 is 11.6 Å². The number of likely N-dealkylation sites (tertiary alicyclic amines) is 1. The molecule has 0 aliphatic carbocycles. The van der Waals surface area contributed by atoms with Gasteiger partial charge < -0.3 is 19.7 Å². The zero-order chi connectivity index (χ0) is 23.2. The number of rotatable bonds is 7. The number of halogens is 3. The first-order valence-corrected chi connectivity index (χ1v) is 10.8. The predicted octanol–water partition coefficient (Wildman–Crippen LogP) is 4.71. The van der Waals surface area contributed by atoms with Crippen molar-refractivity contribution in [1.29, 1.82) is 0 Å². The summed E-state index contributed by atoms with van der Waals surface area (Å²) in [5.41, 5.74) is -0.899. The molecule has 0 saturated carbocycles. The molecule has 7 nitrogen and oxygen atoms in total. The molecule has 1 aromatic heterocycles. The lowest BCUT2D eigenvalue weighted by molar-refractivity contribution is -0.142. The lowest BCUT2D eigenvalue weighted by Gasteiger charge is -2.36. The minimum atomic E-state index is -1.07. The molecule has 1 saturated heterocycles. The number of amides is 1. The third kappa shape index (κ3) is 7.19. The number of hydrogen-bond donors (Lipinski definition) is 1. The third-order valence-electron chi connectivity index (χ3n) is 4.78. The SMILES string of the molecule is CCOC(=O)Cc1c(F)c(NCCC2CCCCN2C(=O)OC(C)(C)C)nc(F)c1Cl. The van der Waals surface area contributed by atoms with Gasteiger partial charge in [0.2, 0.25) is 5.95 Å². The molecule has 10 heteroatoms. The van der Waals surface area contributed by atoms with Crippen LogP contribution in [0.5, 0.6) is 0 Å². The Morgan fingerprint density at radius 1 is 1.29 bits per heavy atom. The Balaban J connectivity index is 2.05. The molecular formula is C21H30ClF2N3O4. The van der Waals surface area contributed by atoms with Crippen LogP contribution < -0.4 is 5.32 Å². The van der Waals surface area contributed by atoms with Gasteiger partial charge in [-0.1, -0.05) is 11.6 Å². The van der Waals surface area contributed by atoms with Crippen LogP contribution in [0.2, 0.25) is 5.02 Å². The van der Waals surface area contributed by atoms with Gasteiger partial charge in [0.1, 0.15) is 10.6 Å². The van der Waals surface area contributed by atoms with Crippen molar-refractivity contribution in [2.75, 3.05) is 25.0 Å². The van der Waals surface area contributed by atoms with Crippen molar-refractivity contribution in [3.8, 4) is 0 Å². The first-order valence-electron chi connectivity index (χ1n) is 10.5. The molecule has 1 fully saturated rings. The molecule has 1 aliphatic rings. The Labute approximate surface area is 186 Å². The average molecular weight is 462 g/mol. The van der Waals surface area contributed by atoms with Crippen LogP contribution in [0.15, 0.2) is 0 Å². The van der Waals surface area contributed by atoms with Gasteiger partial charge in [-0.25, -0.2) is 9.18 Å². The van der Waals surface area contributed by atoms with Crippen molar-refractivity contribution in [3.63, 3.8) is 0 Å². The fourth-order valence-electron chi connectivity index (χ4n) is 3.41. The second-order valence-corrected chi connectivity index (χ2v) is 8.76. The van der Waals surface area contributed by atoms with E-state index >= 15 is 0 Å².